The molecule has 0 unspecified atom stereocenters. The van der Waals surface area contributed by atoms with Crippen LogP contribution in [0.1, 0.15) is 54.4 Å². The predicted molar refractivity (Wildman–Crippen MR) is 134 cm³/mol. The van der Waals surface area contributed by atoms with Crippen LogP contribution in [-0.2, 0) is 26.6 Å². The van der Waals surface area contributed by atoms with Crippen molar-refractivity contribution < 1.29 is 31.7 Å². The molecule has 0 saturated heterocycles. The molecule has 7 nitrogen and oxygen atoms in total. The number of thiol groups is 1. The van der Waals surface area contributed by atoms with Gasteiger partial charge in [-0.2, -0.15) is 10.9 Å². The van der Waals surface area contributed by atoms with Crippen LogP contribution in [0.25, 0.3) is 0 Å². The normalized spacial score (nSPS) is 12.9. The minimum atomic E-state index is -2.66. The summed E-state index contributed by atoms with van der Waals surface area (Å²) in [6.45, 7) is 15.2. The fraction of sp³-hybridized carbons (Fsp3) is 0.947. The zero-order valence-corrected chi connectivity index (χ0v) is 23.4. The molecule has 0 saturated carbocycles. The van der Waals surface area contributed by atoms with E-state index >= 15 is 0 Å². The average molecular weight is 505 g/mol. The Hall–Kier alpha value is 0.434. The maximum Gasteiger partial charge on any atom is 0.500 e. The van der Waals surface area contributed by atoms with Gasteiger partial charge in [-0.3, -0.25) is 0 Å². The molecule has 0 aliphatic carbocycles. The van der Waals surface area contributed by atoms with Crippen LogP contribution in [0.4, 0.5) is 0 Å². The van der Waals surface area contributed by atoms with E-state index in [1.165, 1.54) is 0 Å². The Morgan fingerprint density at radius 3 is 1.10 bits per heavy atom. The summed E-state index contributed by atoms with van der Waals surface area (Å²) in [5.74, 6) is 1.66. The summed E-state index contributed by atoms with van der Waals surface area (Å²) in [6, 6.07) is 1.47. The van der Waals surface area contributed by atoms with Crippen LogP contribution in [0.5, 0.6) is 0 Å². The molecule has 0 radical (unpaired) electrons. The van der Waals surface area contributed by atoms with Gasteiger partial charge < -0.3 is 31.7 Å². The molecule has 0 amide bonds. The van der Waals surface area contributed by atoms with Crippen molar-refractivity contribution in [3.05, 3.63) is 0 Å². The highest BCUT2D eigenvalue weighted by Crippen LogP contribution is 2.32. The lowest BCUT2D eigenvalue weighted by atomic mass is 10.6. The molecule has 0 rings (SSSR count). The summed E-state index contributed by atoms with van der Waals surface area (Å²) in [4.78, 5) is 0. The van der Waals surface area contributed by atoms with E-state index in [-0.39, 0.29) is 4.38 Å². The van der Waals surface area contributed by atoms with Gasteiger partial charge in [0, 0.05) is 51.7 Å². The molecule has 0 aromatic rings. The summed E-state index contributed by atoms with van der Waals surface area (Å²) in [7, 11) is -6.10. The highest BCUT2D eigenvalue weighted by atomic mass is 32.2. The molecule has 0 spiro atoms. The van der Waals surface area contributed by atoms with Gasteiger partial charge in [-0.25, -0.2) is 0 Å². The standard InChI is InChI=1S/C19H44O7S2Si2/c1-7-21-29(22-8-2,23-9-3)17-13-15-28(19(20)27)16-14-18-30(24-10-4,25-11-5)26-12-6/h28H,7-18H2,1-6H3,(H,20,27). The third-order valence-electron chi connectivity index (χ3n) is 4.28. The van der Waals surface area contributed by atoms with E-state index in [4.69, 9.17) is 38.8 Å². The van der Waals surface area contributed by atoms with Crippen molar-refractivity contribution in [2.24, 2.45) is 0 Å². The summed E-state index contributed by atoms with van der Waals surface area (Å²) in [5, 5.41) is 10.1. The fourth-order valence-corrected chi connectivity index (χ4v) is 11.3. The zero-order chi connectivity index (χ0) is 22.9. The van der Waals surface area contributed by atoms with Crippen molar-refractivity contribution in [2.45, 2.75) is 66.5 Å². The van der Waals surface area contributed by atoms with Gasteiger partial charge >= 0.3 is 17.6 Å². The van der Waals surface area contributed by atoms with Crippen LogP contribution in [0.15, 0.2) is 0 Å². The average Bonchev–Trinajstić information content (AvgIpc) is 2.68. The van der Waals surface area contributed by atoms with Crippen LogP contribution in [-0.4, -0.2) is 78.2 Å². The molecule has 182 valence electrons. The lowest BCUT2D eigenvalue weighted by Crippen LogP contribution is -2.46. The number of thiocarbonyl (C=S) groups is 1. The summed E-state index contributed by atoms with van der Waals surface area (Å²) in [6.07, 6.45) is 1.70. The van der Waals surface area contributed by atoms with E-state index in [1.54, 1.807) is 0 Å². The number of aliphatic hydroxyl groups excluding tert-OH is 1. The topological polar surface area (TPSA) is 75.6 Å². The Labute approximate surface area is 194 Å². The van der Waals surface area contributed by atoms with Crippen molar-refractivity contribution in [3.8, 4) is 0 Å². The van der Waals surface area contributed by atoms with Gasteiger partial charge in [-0.1, -0.05) is 0 Å². The van der Waals surface area contributed by atoms with Crippen LogP contribution in [0, 0.1) is 0 Å². The van der Waals surface area contributed by atoms with Crippen molar-refractivity contribution in [3.63, 3.8) is 0 Å². The van der Waals surface area contributed by atoms with Crippen LogP contribution in [0.3, 0.4) is 0 Å². The molecule has 0 aromatic heterocycles. The van der Waals surface area contributed by atoms with Gasteiger partial charge in [-0.15, -0.1) is 0 Å². The maximum atomic E-state index is 10.1. The number of hydrogen-bond acceptors (Lipinski definition) is 7. The first-order valence-electron chi connectivity index (χ1n) is 11.2. The third kappa shape index (κ3) is 11.9. The van der Waals surface area contributed by atoms with E-state index in [2.05, 4.69) is 0 Å². The first kappa shape index (κ1) is 30.4. The van der Waals surface area contributed by atoms with E-state index in [0.717, 1.165) is 36.4 Å². The Kier molecular flexibility index (Phi) is 18.2. The van der Waals surface area contributed by atoms with E-state index in [9.17, 15) is 5.11 Å². The second kappa shape index (κ2) is 17.9. The Balaban J connectivity index is 4.84. The van der Waals surface area contributed by atoms with Crippen molar-refractivity contribution in [1.82, 2.24) is 0 Å². The number of rotatable bonds is 20. The minimum absolute atomic E-state index is 0.123. The summed E-state index contributed by atoms with van der Waals surface area (Å²) >= 11 is 5.16. The van der Waals surface area contributed by atoms with Gasteiger partial charge in [0.2, 0.25) is 0 Å². The highest BCUT2D eigenvalue weighted by molar-refractivity contribution is 8.35. The Morgan fingerprint density at radius 2 is 0.900 bits per heavy atom. The van der Waals surface area contributed by atoms with E-state index < -0.39 is 28.5 Å². The lowest BCUT2D eigenvalue weighted by Gasteiger charge is -2.30. The van der Waals surface area contributed by atoms with Gasteiger partial charge in [0.05, 0.1) is 0 Å². The smallest absolute Gasteiger partial charge is 0.495 e. The van der Waals surface area contributed by atoms with Crippen LogP contribution >= 0.6 is 23.1 Å². The molecule has 0 aromatic carbocycles. The monoisotopic (exact) mass is 504 g/mol. The van der Waals surface area contributed by atoms with Gasteiger partial charge in [0.15, 0.2) is 4.38 Å². The van der Waals surface area contributed by atoms with Gasteiger partial charge in [0.25, 0.3) is 0 Å². The second-order valence-electron chi connectivity index (χ2n) is 6.44. The van der Waals surface area contributed by atoms with E-state index in [1.807, 2.05) is 41.5 Å². The van der Waals surface area contributed by atoms with Gasteiger partial charge in [-0.05, 0) is 78.1 Å². The quantitative estimate of drug-likeness (QED) is 0.140. The minimum Gasteiger partial charge on any atom is -0.495 e. The fourth-order valence-electron chi connectivity index (χ4n) is 3.28. The van der Waals surface area contributed by atoms with Crippen LogP contribution in [0.2, 0.25) is 12.1 Å². The number of aliphatic hydroxyl groups is 1. The molecule has 0 fully saturated rings. The zero-order valence-electron chi connectivity index (χ0n) is 19.7. The molecular formula is C19H44O7S2Si2. The Morgan fingerprint density at radius 1 is 0.633 bits per heavy atom. The SMILES string of the molecule is CCO[Si](CCC[SH](CCC[Si](OCC)(OCC)OCC)C(O)=S)(OCC)OCC. The first-order chi connectivity index (χ1) is 14.4. The number of hydrogen-bond donors (Lipinski definition) is 2. The molecule has 0 atom stereocenters. The molecule has 30 heavy (non-hydrogen) atoms. The summed E-state index contributed by atoms with van der Waals surface area (Å²) < 4.78 is 35.7. The highest BCUT2D eigenvalue weighted by Gasteiger charge is 2.41. The largest absolute Gasteiger partial charge is 0.500 e. The molecule has 0 aliphatic rings. The molecule has 0 heterocycles. The van der Waals surface area contributed by atoms with Crippen molar-refractivity contribution in [2.75, 3.05) is 51.1 Å². The van der Waals surface area contributed by atoms with Crippen molar-refractivity contribution >= 4 is 45.1 Å². The first-order valence-corrected chi connectivity index (χ1v) is 17.2. The lowest BCUT2D eigenvalue weighted by molar-refractivity contribution is 0.0705. The Bertz CT molecular complexity index is 381. The van der Waals surface area contributed by atoms with Crippen molar-refractivity contribution in [1.29, 1.82) is 0 Å². The second-order valence-corrected chi connectivity index (χ2v) is 15.0. The molecule has 1 N–H and O–H groups in total. The molecule has 0 bridgehead atoms. The summed E-state index contributed by atoms with van der Waals surface area (Å²) in [5.41, 5.74) is 0. The predicted octanol–water partition coefficient (Wildman–Crippen LogP) is 4.71. The molecule has 0 aliphatic heterocycles. The third-order valence-corrected chi connectivity index (χ3v) is 13.6. The molecular weight excluding hydrogens is 461 g/mol. The maximum absolute atomic E-state index is 10.1. The van der Waals surface area contributed by atoms with Gasteiger partial charge in [0.1, 0.15) is 0 Å². The van der Waals surface area contributed by atoms with Crippen LogP contribution < -0.4 is 0 Å². The molecule has 11 heteroatoms. The van der Waals surface area contributed by atoms with E-state index in [0.29, 0.717) is 39.6 Å².